The Kier molecular flexibility index (Phi) is 6.46. The summed E-state index contributed by atoms with van der Waals surface area (Å²) in [6.45, 7) is 4.79. The van der Waals surface area contributed by atoms with E-state index in [1.165, 1.54) is 104 Å². The molecule has 0 unspecified atom stereocenters. The molecule has 0 saturated carbocycles. The lowest BCUT2D eigenvalue weighted by molar-refractivity contribution is 0.661. The Morgan fingerprint density at radius 3 is 1.54 bits per heavy atom. The van der Waals surface area contributed by atoms with Crippen LogP contribution in [0.4, 0.5) is 0 Å². The highest BCUT2D eigenvalue weighted by Gasteiger charge is 2.36. The Morgan fingerprint density at radius 1 is 0.339 bits per heavy atom. The molecule has 11 aromatic rings. The van der Waals surface area contributed by atoms with Crippen LogP contribution >= 0.6 is 0 Å². The molecule has 12 rings (SSSR count). The first kappa shape index (κ1) is 31.4. The summed E-state index contributed by atoms with van der Waals surface area (Å²) in [5.41, 5.74) is 14.6. The van der Waals surface area contributed by atoms with E-state index < -0.39 is 0 Å². The largest absolute Gasteiger partial charge is 0.456 e. The molecular formula is C55H36O. The van der Waals surface area contributed by atoms with Crippen molar-refractivity contribution in [2.45, 2.75) is 19.3 Å². The smallest absolute Gasteiger partial charge is 0.136 e. The van der Waals surface area contributed by atoms with Crippen molar-refractivity contribution < 1.29 is 4.42 Å². The first-order valence-electron chi connectivity index (χ1n) is 19.6. The van der Waals surface area contributed by atoms with Crippen LogP contribution in [0.5, 0.6) is 0 Å². The van der Waals surface area contributed by atoms with Crippen LogP contribution < -0.4 is 0 Å². The van der Waals surface area contributed by atoms with Gasteiger partial charge in [-0.1, -0.05) is 166 Å². The van der Waals surface area contributed by atoms with Crippen molar-refractivity contribution in [3.8, 4) is 44.5 Å². The Morgan fingerprint density at radius 2 is 0.839 bits per heavy atom. The van der Waals surface area contributed by atoms with E-state index >= 15 is 0 Å². The van der Waals surface area contributed by atoms with Gasteiger partial charge in [-0.15, -0.1) is 0 Å². The minimum absolute atomic E-state index is 0.187. The number of benzene rings is 10. The van der Waals surface area contributed by atoms with Crippen LogP contribution in [-0.2, 0) is 5.41 Å². The van der Waals surface area contributed by atoms with E-state index in [4.69, 9.17) is 4.42 Å². The van der Waals surface area contributed by atoms with E-state index in [1.807, 2.05) is 0 Å². The van der Waals surface area contributed by atoms with Gasteiger partial charge in [0, 0.05) is 16.2 Å². The third-order valence-electron chi connectivity index (χ3n) is 12.6. The average Bonchev–Trinajstić information content (AvgIpc) is 3.73. The van der Waals surface area contributed by atoms with Gasteiger partial charge in [0.25, 0.3) is 0 Å². The molecule has 1 heteroatoms. The topological polar surface area (TPSA) is 13.1 Å². The van der Waals surface area contributed by atoms with Crippen molar-refractivity contribution in [1.29, 1.82) is 0 Å². The van der Waals surface area contributed by atoms with Crippen LogP contribution in [0, 0.1) is 0 Å². The fourth-order valence-corrected chi connectivity index (χ4v) is 9.97. The Labute approximate surface area is 325 Å². The van der Waals surface area contributed by atoms with Gasteiger partial charge in [-0.05, 0) is 129 Å². The third kappa shape index (κ3) is 4.37. The maximum Gasteiger partial charge on any atom is 0.136 e. The van der Waals surface area contributed by atoms with Gasteiger partial charge in [0.05, 0.1) is 0 Å². The molecule has 1 aromatic heterocycles. The van der Waals surface area contributed by atoms with Gasteiger partial charge in [-0.25, -0.2) is 0 Å². The van der Waals surface area contributed by atoms with Crippen molar-refractivity contribution in [3.63, 3.8) is 0 Å². The van der Waals surface area contributed by atoms with Crippen LogP contribution in [0.25, 0.3) is 110 Å². The van der Waals surface area contributed by atoms with Gasteiger partial charge in [0.15, 0.2) is 0 Å². The van der Waals surface area contributed by atoms with Crippen LogP contribution in [0.3, 0.4) is 0 Å². The zero-order valence-corrected chi connectivity index (χ0v) is 31.2. The fourth-order valence-electron chi connectivity index (χ4n) is 9.97. The molecule has 0 amide bonds. The van der Waals surface area contributed by atoms with E-state index in [9.17, 15) is 0 Å². The van der Waals surface area contributed by atoms with Gasteiger partial charge in [-0.2, -0.15) is 0 Å². The number of hydrogen-bond acceptors (Lipinski definition) is 1. The maximum atomic E-state index is 6.35. The number of hydrogen-bond donors (Lipinski definition) is 0. The van der Waals surface area contributed by atoms with Crippen molar-refractivity contribution in [3.05, 3.63) is 193 Å². The van der Waals surface area contributed by atoms with Gasteiger partial charge in [0.1, 0.15) is 11.2 Å². The van der Waals surface area contributed by atoms with Crippen LogP contribution in [0.15, 0.2) is 186 Å². The number of rotatable bonds is 3. The van der Waals surface area contributed by atoms with Gasteiger partial charge >= 0.3 is 0 Å². The predicted molar refractivity (Wildman–Crippen MR) is 238 cm³/mol. The van der Waals surface area contributed by atoms with E-state index in [2.05, 4.69) is 196 Å². The van der Waals surface area contributed by atoms with Gasteiger partial charge < -0.3 is 4.42 Å². The van der Waals surface area contributed by atoms with E-state index in [0.29, 0.717) is 0 Å². The lowest BCUT2D eigenvalue weighted by atomic mass is 9.80. The molecule has 0 saturated heterocycles. The first-order valence-corrected chi connectivity index (χ1v) is 19.6. The number of fused-ring (bicyclic) bond motifs is 11. The second-order valence-corrected chi connectivity index (χ2v) is 16.0. The predicted octanol–water partition coefficient (Wildman–Crippen LogP) is 15.5. The highest BCUT2D eigenvalue weighted by Crippen LogP contribution is 2.52. The molecule has 1 aliphatic carbocycles. The summed E-state index contributed by atoms with van der Waals surface area (Å²) >= 11 is 0. The molecular weight excluding hydrogens is 677 g/mol. The second kappa shape index (κ2) is 11.5. The van der Waals surface area contributed by atoms with Crippen LogP contribution in [-0.4, -0.2) is 0 Å². The SMILES string of the molecule is CC1(C)c2cc(-c3ccc4oc5ccc6ccccc6c5c4c3)ccc2-c2ccc(-c3c4ccccc4c(-c4cccc5ccccc45)c4ccccc34)cc21. The molecule has 0 N–H and O–H groups in total. The normalized spacial score (nSPS) is 13.3. The zero-order valence-electron chi connectivity index (χ0n) is 31.2. The minimum Gasteiger partial charge on any atom is -0.456 e. The van der Waals surface area contributed by atoms with E-state index in [-0.39, 0.29) is 5.41 Å². The van der Waals surface area contributed by atoms with E-state index in [0.717, 1.165) is 16.6 Å². The van der Waals surface area contributed by atoms with Crippen LogP contribution in [0.1, 0.15) is 25.0 Å². The highest BCUT2D eigenvalue weighted by atomic mass is 16.3. The summed E-state index contributed by atoms with van der Waals surface area (Å²) in [6.07, 6.45) is 0. The molecule has 0 aliphatic heterocycles. The molecule has 1 aliphatic rings. The third-order valence-corrected chi connectivity index (χ3v) is 12.6. The molecule has 56 heavy (non-hydrogen) atoms. The molecule has 0 atom stereocenters. The zero-order chi connectivity index (χ0) is 37.1. The van der Waals surface area contributed by atoms with Crippen molar-refractivity contribution in [1.82, 2.24) is 0 Å². The minimum atomic E-state index is -0.187. The van der Waals surface area contributed by atoms with E-state index in [1.54, 1.807) is 0 Å². The summed E-state index contributed by atoms with van der Waals surface area (Å²) in [5, 5.41) is 12.5. The lowest BCUT2D eigenvalue weighted by Crippen LogP contribution is -2.15. The van der Waals surface area contributed by atoms with Gasteiger partial charge in [-0.3, -0.25) is 0 Å². The van der Waals surface area contributed by atoms with Crippen LogP contribution in [0.2, 0.25) is 0 Å². The standard InChI is InChI=1S/C55H36O/c1-55(2)48-31-36(35-25-28-50-47(30-35)54-39-16-6-4-13-34(39)24-29-51(54)56-50)22-26-40(48)41-27-23-37(32-49(41)55)52-43-17-7-9-19-45(43)53(46-20-10-8-18-44(46)52)42-21-11-14-33-12-3-5-15-38(33)42/h3-32H,1-2H3. The maximum absolute atomic E-state index is 6.35. The molecule has 0 fully saturated rings. The number of furan rings is 1. The summed E-state index contributed by atoms with van der Waals surface area (Å²) in [4.78, 5) is 0. The first-order chi connectivity index (χ1) is 27.5. The van der Waals surface area contributed by atoms with Gasteiger partial charge in [0.2, 0.25) is 0 Å². The Balaban J connectivity index is 1.01. The Hall–Kier alpha value is -6.96. The average molecular weight is 713 g/mol. The lowest BCUT2D eigenvalue weighted by Gasteiger charge is -2.23. The second-order valence-electron chi connectivity index (χ2n) is 16.0. The molecule has 1 nitrogen and oxygen atoms in total. The summed E-state index contributed by atoms with van der Waals surface area (Å²) in [5.74, 6) is 0. The molecule has 0 bridgehead atoms. The quantitative estimate of drug-likeness (QED) is 0.166. The fraction of sp³-hybridized carbons (Fsp3) is 0.0545. The molecule has 10 aromatic carbocycles. The van der Waals surface area contributed by atoms with Crippen molar-refractivity contribution in [2.75, 3.05) is 0 Å². The molecule has 0 radical (unpaired) electrons. The summed E-state index contributed by atoms with van der Waals surface area (Å²) in [6, 6.07) is 67.2. The molecule has 0 spiro atoms. The highest BCUT2D eigenvalue weighted by molar-refractivity contribution is 6.24. The summed E-state index contributed by atoms with van der Waals surface area (Å²) in [7, 11) is 0. The van der Waals surface area contributed by atoms with Crippen molar-refractivity contribution in [2.24, 2.45) is 0 Å². The molecule has 262 valence electrons. The van der Waals surface area contributed by atoms with Crippen molar-refractivity contribution >= 4 is 65.0 Å². The monoisotopic (exact) mass is 712 g/mol. The summed E-state index contributed by atoms with van der Waals surface area (Å²) < 4.78 is 6.35. The molecule has 1 heterocycles. The Bertz CT molecular complexity index is 3390.